The van der Waals surface area contributed by atoms with Gasteiger partial charge in [0, 0.05) is 0 Å². The van der Waals surface area contributed by atoms with Crippen molar-refractivity contribution in [1.29, 1.82) is 0 Å². The minimum atomic E-state index is -1.28. The predicted octanol–water partition coefficient (Wildman–Crippen LogP) is 11.4. The van der Waals surface area contributed by atoms with Gasteiger partial charge in [-0.25, -0.2) is 0 Å². The minimum absolute atomic E-state index is 0.368. The standard InChI is InChI=1S/C44H87NO5/c1-3-5-7-9-11-13-15-16-17-18-19-20-21-22-23-24-25-26-28-30-32-34-36-38-42(48)44(50)45-40(39-46)43(49)41(47)37-35-33-31-29-27-14-12-10-8-6-4-2/h29,31,40-43,46-49H,3-28,30,32-39H2,1-2H3,(H,45,50)/b31-29+. The van der Waals surface area contributed by atoms with Crippen LogP contribution in [0.2, 0.25) is 0 Å². The van der Waals surface area contributed by atoms with E-state index in [0.717, 1.165) is 38.5 Å². The van der Waals surface area contributed by atoms with Crippen molar-refractivity contribution in [1.82, 2.24) is 5.32 Å². The van der Waals surface area contributed by atoms with Crippen molar-refractivity contribution in [2.45, 2.75) is 257 Å². The lowest BCUT2D eigenvalue weighted by Crippen LogP contribution is -2.53. The summed E-state index contributed by atoms with van der Waals surface area (Å²) < 4.78 is 0. The van der Waals surface area contributed by atoms with E-state index in [1.54, 1.807) is 0 Å². The fourth-order valence-electron chi connectivity index (χ4n) is 6.93. The van der Waals surface area contributed by atoms with Gasteiger partial charge in [-0.05, 0) is 38.5 Å². The van der Waals surface area contributed by atoms with Crippen LogP contribution in [0.15, 0.2) is 12.2 Å². The van der Waals surface area contributed by atoms with Gasteiger partial charge in [0.2, 0.25) is 5.91 Å². The lowest BCUT2D eigenvalue weighted by molar-refractivity contribution is -0.132. The second kappa shape index (κ2) is 39.3. The summed E-state index contributed by atoms with van der Waals surface area (Å²) in [6.45, 7) is 4.02. The van der Waals surface area contributed by atoms with Crippen LogP contribution in [-0.2, 0) is 4.79 Å². The maximum atomic E-state index is 12.5. The van der Waals surface area contributed by atoms with Crippen LogP contribution in [0, 0.1) is 0 Å². The molecule has 6 nitrogen and oxygen atoms in total. The van der Waals surface area contributed by atoms with Crippen LogP contribution in [0.4, 0.5) is 0 Å². The fraction of sp³-hybridized carbons (Fsp3) is 0.932. The summed E-state index contributed by atoms with van der Waals surface area (Å²) in [5, 5.41) is 43.5. The lowest BCUT2D eigenvalue weighted by atomic mass is 10.00. The number of carbonyl (C=O) groups excluding carboxylic acids is 1. The van der Waals surface area contributed by atoms with Crippen LogP contribution < -0.4 is 5.32 Å². The second-order valence-electron chi connectivity index (χ2n) is 15.4. The van der Waals surface area contributed by atoms with E-state index in [9.17, 15) is 25.2 Å². The second-order valence-corrected chi connectivity index (χ2v) is 15.4. The molecule has 0 aliphatic carbocycles. The molecule has 0 heterocycles. The third-order valence-electron chi connectivity index (χ3n) is 10.5. The van der Waals surface area contributed by atoms with E-state index < -0.39 is 36.9 Å². The average Bonchev–Trinajstić information content (AvgIpc) is 3.12. The van der Waals surface area contributed by atoms with E-state index in [2.05, 4.69) is 31.3 Å². The summed E-state index contributed by atoms with van der Waals surface area (Å²) in [5.74, 6) is -0.591. The Morgan fingerprint density at radius 1 is 0.480 bits per heavy atom. The molecule has 5 N–H and O–H groups in total. The number of carbonyl (C=O) groups is 1. The van der Waals surface area contributed by atoms with Crippen LogP contribution in [0.5, 0.6) is 0 Å². The number of hydrogen-bond acceptors (Lipinski definition) is 5. The third-order valence-corrected chi connectivity index (χ3v) is 10.5. The Bertz CT molecular complexity index is 717. The van der Waals surface area contributed by atoms with Crippen molar-refractivity contribution in [3.63, 3.8) is 0 Å². The molecule has 0 saturated carbocycles. The number of hydrogen-bond donors (Lipinski definition) is 5. The molecule has 0 rings (SSSR count). The molecule has 0 bridgehead atoms. The molecule has 0 aromatic rings. The highest BCUT2D eigenvalue weighted by molar-refractivity contribution is 5.80. The number of nitrogens with one attached hydrogen (secondary N) is 1. The Labute approximate surface area is 311 Å². The van der Waals surface area contributed by atoms with E-state index >= 15 is 0 Å². The molecule has 50 heavy (non-hydrogen) atoms. The number of unbranched alkanes of at least 4 members (excludes halogenated alkanes) is 29. The summed E-state index contributed by atoms with van der Waals surface area (Å²) >= 11 is 0. The first-order chi connectivity index (χ1) is 24.5. The molecule has 4 unspecified atom stereocenters. The fourth-order valence-corrected chi connectivity index (χ4v) is 6.93. The molecule has 0 aliphatic rings. The summed E-state index contributed by atoms with van der Waals surface area (Å²) in [6, 6.07) is -0.996. The highest BCUT2D eigenvalue weighted by atomic mass is 16.3. The normalized spacial score (nSPS) is 14.3. The smallest absolute Gasteiger partial charge is 0.249 e. The van der Waals surface area contributed by atoms with Gasteiger partial charge >= 0.3 is 0 Å². The number of aliphatic hydroxyl groups is 4. The Kier molecular flexibility index (Phi) is 38.5. The number of amides is 1. The highest BCUT2D eigenvalue weighted by Gasteiger charge is 2.28. The summed E-state index contributed by atoms with van der Waals surface area (Å²) in [6.07, 6.45) is 42.6. The van der Waals surface area contributed by atoms with Gasteiger partial charge in [0.15, 0.2) is 0 Å². The first-order valence-corrected chi connectivity index (χ1v) is 22.1. The zero-order valence-corrected chi connectivity index (χ0v) is 33.4. The van der Waals surface area contributed by atoms with Gasteiger partial charge in [-0.15, -0.1) is 0 Å². The van der Waals surface area contributed by atoms with Gasteiger partial charge in [0.25, 0.3) is 0 Å². The molecule has 0 aliphatic heterocycles. The lowest BCUT2D eigenvalue weighted by Gasteiger charge is -2.27. The zero-order chi connectivity index (χ0) is 36.8. The molecule has 4 atom stereocenters. The van der Waals surface area contributed by atoms with Gasteiger partial charge in [-0.1, -0.05) is 206 Å². The molecular weight excluding hydrogens is 622 g/mol. The number of rotatable bonds is 40. The van der Waals surface area contributed by atoms with Crippen molar-refractivity contribution >= 4 is 5.91 Å². The largest absolute Gasteiger partial charge is 0.394 e. The van der Waals surface area contributed by atoms with Gasteiger partial charge in [0.05, 0.1) is 18.8 Å². The Morgan fingerprint density at radius 3 is 1.20 bits per heavy atom. The zero-order valence-electron chi connectivity index (χ0n) is 33.4. The Hall–Kier alpha value is -0.950. The summed E-state index contributed by atoms with van der Waals surface area (Å²) in [5.41, 5.74) is 0. The topological polar surface area (TPSA) is 110 Å². The van der Waals surface area contributed by atoms with Crippen LogP contribution in [0.1, 0.15) is 232 Å². The van der Waals surface area contributed by atoms with Crippen molar-refractivity contribution in [3.8, 4) is 0 Å². The average molecular weight is 710 g/mol. The number of allylic oxidation sites excluding steroid dienone is 2. The summed E-state index contributed by atoms with van der Waals surface area (Å²) in [7, 11) is 0. The van der Waals surface area contributed by atoms with Crippen molar-refractivity contribution in [2.75, 3.05) is 6.61 Å². The van der Waals surface area contributed by atoms with Crippen LogP contribution in [0.3, 0.4) is 0 Å². The van der Waals surface area contributed by atoms with E-state index in [1.807, 2.05) is 0 Å². The van der Waals surface area contributed by atoms with Crippen LogP contribution in [0.25, 0.3) is 0 Å². The molecule has 0 fully saturated rings. The molecular formula is C44H87NO5. The third kappa shape index (κ3) is 32.9. The van der Waals surface area contributed by atoms with Gasteiger partial charge in [-0.2, -0.15) is 0 Å². The SMILES string of the molecule is CCCCCCCC/C=C/CCCC(O)C(O)C(CO)NC(=O)C(O)CCCCCCCCCCCCCCCCCCCCCCCCC. The molecule has 0 aromatic carbocycles. The molecule has 0 saturated heterocycles. The van der Waals surface area contributed by atoms with Crippen LogP contribution in [-0.4, -0.2) is 57.3 Å². The Morgan fingerprint density at radius 2 is 0.820 bits per heavy atom. The predicted molar refractivity (Wildman–Crippen MR) is 215 cm³/mol. The van der Waals surface area contributed by atoms with Gasteiger partial charge < -0.3 is 25.7 Å². The molecule has 6 heteroatoms. The van der Waals surface area contributed by atoms with Crippen molar-refractivity contribution in [3.05, 3.63) is 12.2 Å². The van der Waals surface area contributed by atoms with Gasteiger partial charge in [0.1, 0.15) is 12.2 Å². The molecule has 0 aromatic heterocycles. The molecule has 0 radical (unpaired) electrons. The Balaban J connectivity index is 3.66. The van der Waals surface area contributed by atoms with E-state index in [0.29, 0.717) is 12.8 Å². The van der Waals surface area contributed by atoms with Crippen molar-refractivity contribution in [2.24, 2.45) is 0 Å². The van der Waals surface area contributed by atoms with Crippen molar-refractivity contribution < 1.29 is 25.2 Å². The maximum Gasteiger partial charge on any atom is 0.249 e. The van der Waals surface area contributed by atoms with E-state index in [-0.39, 0.29) is 0 Å². The van der Waals surface area contributed by atoms with Gasteiger partial charge in [-0.3, -0.25) is 4.79 Å². The maximum absolute atomic E-state index is 12.5. The first kappa shape index (κ1) is 49.0. The van der Waals surface area contributed by atoms with Crippen LogP contribution >= 0.6 is 0 Å². The first-order valence-electron chi connectivity index (χ1n) is 22.1. The van der Waals surface area contributed by atoms with E-state index in [1.165, 1.54) is 167 Å². The van der Waals surface area contributed by atoms with E-state index in [4.69, 9.17) is 0 Å². The minimum Gasteiger partial charge on any atom is -0.394 e. The molecule has 1 amide bonds. The molecule has 298 valence electrons. The monoisotopic (exact) mass is 710 g/mol. The highest BCUT2D eigenvalue weighted by Crippen LogP contribution is 2.17. The molecule has 0 spiro atoms. The quantitative estimate of drug-likeness (QED) is 0.0321. The number of aliphatic hydroxyl groups excluding tert-OH is 4. The summed E-state index contributed by atoms with van der Waals surface area (Å²) in [4.78, 5) is 12.5.